The summed E-state index contributed by atoms with van der Waals surface area (Å²) in [4.78, 5) is 14.9. The molecule has 0 bridgehead atoms. The van der Waals surface area contributed by atoms with Crippen LogP contribution >= 0.6 is 35.3 Å². The number of likely N-dealkylation sites (N-methyl/N-ethyl adjacent to an activating group) is 1. The number of rotatable bonds is 6. The third-order valence-electron chi connectivity index (χ3n) is 4.06. The maximum Gasteiger partial charge on any atom is 0.191 e. The van der Waals surface area contributed by atoms with Crippen molar-refractivity contribution in [3.8, 4) is 0 Å². The van der Waals surface area contributed by atoms with Gasteiger partial charge in [-0.1, -0.05) is 0 Å². The maximum atomic E-state index is 4.38. The third-order valence-corrected chi connectivity index (χ3v) is 5.03. The lowest BCUT2D eigenvalue weighted by molar-refractivity contribution is 0.280. The Kier molecular flexibility index (Phi) is 10.8. The number of nitrogens with one attached hydrogen (secondary N) is 2. The van der Waals surface area contributed by atoms with E-state index in [4.69, 9.17) is 0 Å². The van der Waals surface area contributed by atoms with Gasteiger partial charge < -0.3 is 20.4 Å². The smallest absolute Gasteiger partial charge is 0.191 e. The SMILES string of the molecule is CN=C(NCCc1ncc(C)s1)NCCN1CCCN(C)CC1.I. The molecule has 0 aromatic carbocycles. The summed E-state index contributed by atoms with van der Waals surface area (Å²) in [5, 5.41) is 7.95. The standard InChI is InChI=1S/C16H30N6S.HI/c1-14-13-20-15(23-14)5-6-18-16(17-2)19-7-10-22-9-4-8-21(3)11-12-22;/h13H,4-12H2,1-3H3,(H2,17,18,19);1H. The van der Waals surface area contributed by atoms with Crippen molar-refractivity contribution in [2.75, 3.05) is 59.9 Å². The van der Waals surface area contributed by atoms with E-state index in [9.17, 15) is 0 Å². The Morgan fingerprint density at radius 2 is 2.04 bits per heavy atom. The van der Waals surface area contributed by atoms with E-state index in [1.807, 2.05) is 13.2 Å². The minimum absolute atomic E-state index is 0. The number of hydrogen-bond donors (Lipinski definition) is 2. The molecule has 0 aliphatic carbocycles. The molecule has 1 saturated heterocycles. The van der Waals surface area contributed by atoms with E-state index >= 15 is 0 Å². The first-order valence-electron chi connectivity index (χ1n) is 8.44. The van der Waals surface area contributed by atoms with Gasteiger partial charge in [0.05, 0.1) is 5.01 Å². The molecule has 2 N–H and O–H groups in total. The lowest BCUT2D eigenvalue weighted by Gasteiger charge is -2.21. The van der Waals surface area contributed by atoms with Gasteiger partial charge in [0, 0.05) is 57.3 Å². The zero-order valence-corrected chi connectivity index (χ0v) is 18.2. The van der Waals surface area contributed by atoms with Crippen LogP contribution in [0.2, 0.25) is 0 Å². The fraction of sp³-hybridized carbons (Fsp3) is 0.750. The van der Waals surface area contributed by atoms with E-state index < -0.39 is 0 Å². The van der Waals surface area contributed by atoms with Gasteiger partial charge in [0.15, 0.2) is 5.96 Å². The monoisotopic (exact) mass is 466 g/mol. The maximum absolute atomic E-state index is 4.38. The molecule has 1 aromatic heterocycles. The molecule has 8 heteroatoms. The normalized spacial score (nSPS) is 17.2. The number of guanidine groups is 1. The number of halogens is 1. The van der Waals surface area contributed by atoms with E-state index in [1.165, 1.54) is 35.9 Å². The third kappa shape index (κ3) is 8.09. The zero-order chi connectivity index (χ0) is 16.5. The van der Waals surface area contributed by atoms with Crippen molar-refractivity contribution in [1.29, 1.82) is 0 Å². The topological polar surface area (TPSA) is 55.8 Å². The summed E-state index contributed by atoms with van der Waals surface area (Å²) in [6, 6.07) is 0. The fourth-order valence-electron chi connectivity index (χ4n) is 2.68. The van der Waals surface area contributed by atoms with Crippen LogP contribution in [0.15, 0.2) is 11.2 Å². The van der Waals surface area contributed by atoms with Crippen LogP contribution in [0.1, 0.15) is 16.3 Å². The van der Waals surface area contributed by atoms with Crippen molar-refractivity contribution in [2.24, 2.45) is 4.99 Å². The summed E-state index contributed by atoms with van der Waals surface area (Å²) in [5.41, 5.74) is 0. The fourth-order valence-corrected chi connectivity index (χ4v) is 3.47. The molecule has 1 aliphatic rings. The van der Waals surface area contributed by atoms with Crippen LogP contribution in [0, 0.1) is 6.92 Å². The number of hydrogen-bond acceptors (Lipinski definition) is 5. The number of nitrogens with zero attached hydrogens (tertiary/aromatic N) is 4. The quantitative estimate of drug-likeness (QED) is 0.378. The Labute approximate surface area is 167 Å². The highest BCUT2D eigenvalue weighted by Crippen LogP contribution is 2.10. The first-order valence-corrected chi connectivity index (χ1v) is 9.26. The molecular formula is C16H31IN6S. The highest BCUT2D eigenvalue weighted by atomic mass is 127. The van der Waals surface area contributed by atoms with Gasteiger partial charge in [-0.2, -0.15) is 0 Å². The highest BCUT2D eigenvalue weighted by Gasteiger charge is 2.11. The molecule has 0 spiro atoms. The van der Waals surface area contributed by atoms with Crippen LogP contribution in [-0.2, 0) is 6.42 Å². The van der Waals surface area contributed by atoms with Gasteiger partial charge in [-0.05, 0) is 33.5 Å². The van der Waals surface area contributed by atoms with E-state index in [2.05, 4.69) is 44.4 Å². The van der Waals surface area contributed by atoms with Crippen LogP contribution in [0.5, 0.6) is 0 Å². The Hall–Kier alpha value is -0.450. The van der Waals surface area contributed by atoms with Crippen molar-refractivity contribution in [1.82, 2.24) is 25.4 Å². The van der Waals surface area contributed by atoms with Crippen molar-refractivity contribution < 1.29 is 0 Å². The summed E-state index contributed by atoms with van der Waals surface area (Å²) in [5.74, 6) is 0.880. The van der Waals surface area contributed by atoms with Crippen LogP contribution in [0.3, 0.4) is 0 Å². The molecule has 138 valence electrons. The molecule has 2 heterocycles. The van der Waals surface area contributed by atoms with E-state index in [0.717, 1.165) is 38.6 Å². The Balaban J connectivity index is 0.00000288. The van der Waals surface area contributed by atoms with Gasteiger partial charge in [-0.15, -0.1) is 35.3 Å². The molecule has 1 aliphatic heterocycles. The highest BCUT2D eigenvalue weighted by molar-refractivity contribution is 14.0. The molecule has 1 aromatic rings. The predicted octanol–water partition coefficient (Wildman–Crippen LogP) is 1.41. The van der Waals surface area contributed by atoms with Gasteiger partial charge in [-0.3, -0.25) is 4.99 Å². The number of thiazole rings is 1. The molecule has 1 fully saturated rings. The van der Waals surface area contributed by atoms with Gasteiger partial charge >= 0.3 is 0 Å². The molecule has 0 saturated carbocycles. The number of aliphatic imine (C=N–C) groups is 1. The van der Waals surface area contributed by atoms with Crippen molar-refractivity contribution in [3.05, 3.63) is 16.1 Å². The second-order valence-electron chi connectivity index (χ2n) is 6.04. The minimum Gasteiger partial charge on any atom is -0.356 e. The van der Waals surface area contributed by atoms with Crippen LogP contribution in [0.4, 0.5) is 0 Å². The molecule has 6 nitrogen and oxygen atoms in total. The van der Waals surface area contributed by atoms with Crippen molar-refractivity contribution in [3.63, 3.8) is 0 Å². The number of aryl methyl sites for hydroxylation is 1. The van der Waals surface area contributed by atoms with Gasteiger partial charge in [0.25, 0.3) is 0 Å². The molecule has 24 heavy (non-hydrogen) atoms. The van der Waals surface area contributed by atoms with Crippen molar-refractivity contribution in [2.45, 2.75) is 19.8 Å². The van der Waals surface area contributed by atoms with Gasteiger partial charge in [0.2, 0.25) is 0 Å². The Bertz CT molecular complexity index is 493. The number of aromatic nitrogens is 1. The average molecular weight is 466 g/mol. The average Bonchev–Trinajstić information content (AvgIpc) is 2.84. The van der Waals surface area contributed by atoms with Crippen LogP contribution in [0.25, 0.3) is 0 Å². The van der Waals surface area contributed by atoms with E-state index in [-0.39, 0.29) is 24.0 Å². The summed E-state index contributed by atoms with van der Waals surface area (Å²) in [6.45, 7) is 9.69. The molecule has 2 rings (SSSR count). The summed E-state index contributed by atoms with van der Waals surface area (Å²) >= 11 is 1.76. The van der Waals surface area contributed by atoms with E-state index in [1.54, 1.807) is 11.3 Å². The summed E-state index contributed by atoms with van der Waals surface area (Å²) in [6.07, 6.45) is 4.14. The zero-order valence-electron chi connectivity index (χ0n) is 15.0. The van der Waals surface area contributed by atoms with Crippen molar-refractivity contribution >= 4 is 41.3 Å². The largest absolute Gasteiger partial charge is 0.356 e. The lowest BCUT2D eigenvalue weighted by atomic mass is 10.4. The summed E-state index contributed by atoms with van der Waals surface area (Å²) < 4.78 is 0. The summed E-state index contributed by atoms with van der Waals surface area (Å²) in [7, 11) is 4.03. The first-order chi connectivity index (χ1) is 11.2. The van der Waals surface area contributed by atoms with Crippen LogP contribution < -0.4 is 10.6 Å². The molecule has 0 radical (unpaired) electrons. The lowest BCUT2D eigenvalue weighted by Crippen LogP contribution is -2.42. The van der Waals surface area contributed by atoms with Gasteiger partial charge in [0.1, 0.15) is 0 Å². The second kappa shape index (κ2) is 12.0. The van der Waals surface area contributed by atoms with E-state index in [0.29, 0.717) is 0 Å². The Morgan fingerprint density at radius 1 is 1.25 bits per heavy atom. The van der Waals surface area contributed by atoms with Crippen LogP contribution in [-0.4, -0.2) is 80.7 Å². The minimum atomic E-state index is 0. The predicted molar refractivity (Wildman–Crippen MR) is 114 cm³/mol. The molecular weight excluding hydrogens is 435 g/mol. The molecule has 0 unspecified atom stereocenters. The Morgan fingerprint density at radius 3 is 2.75 bits per heavy atom. The first kappa shape index (κ1) is 21.6. The van der Waals surface area contributed by atoms with Gasteiger partial charge in [-0.25, -0.2) is 4.98 Å². The molecule has 0 amide bonds. The molecule has 0 atom stereocenters. The second-order valence-corrected chi connectivity index (χ2v) is 7.36.